The summed E-state index contributed by atoms with van der Waals surface area (Å²) in [6.45, 7) is 1.77. The summed E-state index contributed by atoms with van der Waals surface area (Å²) in [6.07, 6.45) is 1.45. The molecule has 0 bridgehead atoms. The minimum atomic E-state index is -0.484. The van der Waals surface area contributed by atoms with Gasteiger partial charge in [0.1, 0.15) is 5.75 Å². The van der Waals surface area contributed by atoms with E-state index in [0.717, 1.165) is 10.0 Å². The van der Waals surface area contributed by atoms with Crippen LogP contribution in [0.25, 0.3) is 0 Å². The predicted molar refractivity (Wildman–Crippen MR) is 125 cm³/mol. The van der Waals surface area contributed by atoms with Gasteiger partial charge in [0.05, 0.1) is 18.9 Å². The molecule has 0 aliphatic carbocycles. The number of methoxy groups -OCH3 is 1. The second-order valence-electron chi connectivity index (χ2n) is 6.70. The minimum absolute atomic E-state index is 0.170. The van der Waals surface area contributed by atoms with Crippen molar-refractivity contribution < 1.29 is 23.8 Å². The predicted octanol–water partition coefficient (Wildman–Crippen LogP) is 4.51. The van der Waals surface area contributed by atoms with Crippen molar-refractivity contribution in [2.24, 2.45) is 5.10 Å². The van der Waals surface area contributed by atoms with Gasteiger partial charge in [0.25, 0.3) is 5.91 Å². The first-order valence-electron chi connectivity index (χ1n) is 9.62. The van der Waals surface area contributed by atoms with Gasteiger partial charge in [0, 0.05) is 4.47 Å². The summed E-state index contributed by atoms with van der Waals surface area (Å²) in [4.78, 5) is 24.2. The molecule has 3 rings (SSSR count). The van der Waals surface area contributed by atoms with E-state index in [-0.39, 0.29) is 12.4 Å². The summed E-state index contributed by atoms with van der Waals surface area (Å²) >= 11 is 3.33. The first-order valence-corrected chi connectivity index (χ1v) is 10.4. The van der Waals surface area contributed by atoms with Gasteiger partial charge in [-0.2, -0.15) is 5.10 Å². The van der Waals surface area contributed by atoms with Gasteiger partial charge in [-0.15, -0.1) is 0 Å². The van der Waals surface area contributed by atoms with Crippen molar-refractivity contribution in [3.8, 4) is 17.2 Å². The Morgan fingerprint density at radius 1 is 1.00 bits per heavy atom. The molecule has 3 aromatic carbocycles. The SMILES string of the molecule is COc1cc(/C=N\NC(=O)COc2ccc(Br)cc2)ccc1OC(=O)c1ccc(C)cc1. The number of esters is 1. The monoisotopic (exact) mass is 496 g/mol. The van der Waals surface area contributed by atoms with Crippen molar-refractivity contribution in [3.05, 3.63) is 87.9 Å². The number of benzene rings is 3. The molecule has 0 fully saturated rings. The zero-order valence-corrected chi connectivity index (χ0v) is 19.1. The number of nitrogens with one attached hydrogen (secondary N) is 1. The van der Waals surface area contributed by atoms with Gasteiger partial charge in [0.15, 0.2) is 18.1 Å². The third-order valence-corrected chi connectivity index (χ3v) is 4.79. The smallest absolute Gasteiger partial charge is 0.343 e. The number of amides is 1. The van der Waals surface area contributed by atoms with Gasteiger partial charge in [-0.25, -0.2) is 10.2 Å². The van der Waals surface area contributed by atoms with Crippen LogP contribution in [0.15, 0.2) is 76.3 Å². The van der Waals surface area contributed by atoms with E-state index in [4.69, 9.17) is 14.2 Å². The molecule has 1 N–H and O–H groups in total. The van der Waals surface area contributed by atoms with Crippen LogP contribution in [0, 0.1) is 6.92 Å². The molecule has 0 radical (unpaired) electrons. The van der Waals surface area contributed by atoms with Crippen LogP contribution in [0.1, 0.15) is 21.5 Å². The molecule has 0 unspecified atom stereocenters. The maximum atomic E-state index is 12.3. The van der Waals surface area contributed by atoms with E-state index in [1.54, 1.807) is 42.5 Å². The number of ether oxygens (including phenoxy) is 3. The lowest BCUT2D eigenvalue weighted by atomic mass is 10.1. The molecule has 0 saturated carbocycles. The van der Waals surface area contributed by atoms with E-state index in [2.05, 4.69) is 26.5 Å². The summed E-state index contributed by atoms with van der Waals surface area (Å²) in [6, 6.07) is 19.2. The Hall–Kier alpha value is -3.65. The second kappa shape index (κ2) is 11.1. The molecule has 0 saturated heterocycles. The molecule has 0 aliphatic heterocycles. The summed E-state index contributed by atoms with van der Waals surface area (Å²) in [5, 5.41) is 3.91. The number of hydrogen-bond donors (Lipinski definition) is 1. The standard InChI is InChI=1S/C24H21BrN2O5/c1-16-3-6-18(7-4-16)24(29)32-21-12-5-17(13-22(21)30-2)14-26-27-23(28)15-31-20-10-8-19(25)9-11-20/h3-14H,15H2,1-2H3,(H,27,28)/b26-14-. The fraction of sp³-hybridized carbons (Fsp3) is 0.125. The maximum Gasteiger partial charge on any atom is 0.343 e. The zero-order chi connectivity index (χ0) is 22.9. The lowest BCUT2D eigenvalue weighted by Gasteiger charge is -2.10. The van der Waals surface area contributed by atoms with E-state index >= 15 is 0 Å². The number of hydrazone groups is 1. The van der Waals surface area contributed by atoms with Crippen LogP contribution >= 0.6 is 15.9 Å². The Morgan fingerprint density at radius 3 is 2.41 bits per heavy atom. The quantitative estimate of drug-likeness (QED) is 0.214. The average molecular weight is 497 g/mol. The lowest BCUT2D eigenvalue weighted by Crippen LogP contribution is -2.24. The van der Waals surface area contributed by atoms with E-state index in [1.807, 2.05) is 31.2 Å². The number of halogens is 1. The number of carbonyl (C=O) groups is 2. The van der Waals surface area contributed by atoms with Crippen molar-refractivity contribution in [1.29, 1.82) is 0 Å². The molecule has 3 aromatic rings. The van der Waals surface area contributed by atoms with Crippen LogP contribution in [0.2, 0.25) is 0 Å². The van der Waals surface area contributed by atoms with Crippen molar-refractivity contribution in [2.45, 2.75) is 6.92 Å². The average Bonchev–Trinajstić information content (AvgIpc) is 2.80. The Labute approximate surface area is 194 Å². The summed E-state index contributed by atoms with van der Waals surface area (Å²) < 4.78 is 17.1. The van der Waals surface area contributed by atoms with Gasteiger partial charge < -0.3 is 14.2 Å². The fourth-order valence-electron chi connectivity index (χ4n) is 2.59. The van der Waals surface area contributed by atoms with Crippen LogP contribution in [-0.2, 0) is 4.79 Å². The number of hydrogen-bond acceptors (Lipinski definition) is 6. The molecule has 0 atom stereocenters. The summed E-state index contributed by atoms with van der Waals surface area (Å²) in [7, 11) is 1.47. The van der Waals surface area contributed by atoms with Crippen molar-refractivity contribution >= 4 is 34.0 Å². The highest BCUT2D eigenvalue weighted by Gasteiger charge is 2.12. The molecular weight excluding hydrogens is 476 g/mol. The van der Waals surface area contributed by atoms with Gasteiger partial charge >= 0.3 is 5.97 Å². The fourth-order valence-corrected chi connectivity index (χ4v) is 2.85. The highest BCUT2D eigenvalue weighted by Crippen LogP contribution is 2.28. The van der Waals surface area contributed by atoms with E-state index in [0.29, 0.717) is 22.6 Å². The molecular formula is C24H21BrN2O5. The molecule has 0 aromatic heterocycles. The van der Waals surface area contributed by atoms with Crippen LogP contribution in [0.4, 0.5) is 0 Å². The van der Waals surface area contributed by atoms with Crippen LogP contribution in [0.3, 0.4) is 0 Å². The van der Waals surface area contributed by atoms with Gasteiger partial charge in [-0.3, -0.25) is 4.79 Å². The normalized spacial score (nSPS) is 10.6. The molecule has 1 amide bonds. The van der Waals surface area contributed by atoms with Crippen molar-refractivity contribution in [3.63, 3.8) is 0 Å². The maximum absolute atomic E-state index is 12.3. The van der Waals surface area contributed by atoms with E-state index in [1.165, 1.54) is 13.3 Å². The largest absolute Gasteiger partial charge is 0.493 e. The molecule has 0 aliphatic rings. The van der Waals surface area contributed by atoms with Gasteiger partial charge in [-0.05, 0) is 67.1 Å². The highest BCUT2D eigenvalue weighted by molar-refractivity contribution is 9.10. The molecule has 7 nitrogen and oxygen atoms in total. The first-order chi connectivity index (χ1) is 15.4. The number of nitrogens with zero attached hydrogens (tertiary/aromatic N) is 1. The number of carbonyl (C=O) groups excluding carboxylic acids is 2. The lowest BCUT2D eigenvalue weighted by molar-refractivity contribution is -0.123. The van der Waals surface area contributed by atoms with Crippen molar-refractivity contribution in [1.82, 2.24) is 5.43 Å². The van der Waals surface area contributed by atoms with E-state index < -0.39 is 11.9 Å². The van der Waals surface area contributed by atoms with E-state index in [9.17, 15) is 9.59 Å². The molecule has 0 heterocycles. The Morgan fingerprint density at radius 2 is 1.72 bits per heavy atom. The number of rotatable bonds is 8. The Bertz CT molecular complexity index is 1110. The molecule has 32 heavy (non-hydrogen) atoms. The molecule has 8 heteroatoms. The summed E-state index contributed by atoms with van der Waals surface area (Å²) in [5.74, 6) is 0.330. The van der Waals surface area contributed by atoms with Crippen LogP contribution in [-0.4, -0.2) is 31.8 Å². The topological polar surface area (TPSA) is 86.2 Å². The number of aryl methyl sites for hydroxylation is 1. The third kappa shape index (κ3) is 6.68. The Balaban J connectivity index is 1.55. The molecule has 0 spiro atoms. The van der Waals surface area contributed by atoms with Crippen LogP contribution < -0.4 is 19.6 Å². The molecule has 164 valence electrons. The summed E-state index contributed by atoms with van der Waals surface area (Å²) in [5.41, 5.74) is 4.53. The highest BCUT2D eigenvalue weighted by atomic mass is 79.9. The van der Waals surface area contributed by atoms with Crippen molar-refractivity contribution in [2.75, 3.05) is 13.7 Å². The van der Waals surface area contributed by atoms with Gasteiger partial charge in [0.2, 0.25) is 0 Å². The third-order valence-electron chi connectivity index (χ3n) is 4.26. The second-order valence-corrected chi connectivity index (χ2v) is 7.62. The zero-order valence-electron chi connectivity index (χ0n) is 17.5. The van der Waals surface area contributed by atoms with Crippen LogP contribution in [0.5, 0.6) is 17.2 Å². The minimum Gasteiger partial charge on any atom is -0.493 e. The first kappa shape index (κ1) is 23.0. The van der Waals surface area contributed by atoms with Gasteiger partial charge in [-0.1, -0.05) is 33.6 Å². The Kier molecular flexibility index (Phi) is 7.99.